The molecule has 20 heavy (non-hydrogen) atoms. The Morgan fingerprint density at radius 3 is 2.90 bits per heavy atom. The maximum atomic E-state index is 6.11. The third-order valence-electron chi connectivity index (χ3n) is 4.95. The zero-order valence-corrected chi connectivity index (χ0v) is 13.7. The standard InChI is InChI=1S/C17H25BrN2/c18-16-6-5-15-11-17(12-19,8-7-14(15)10-16)20-9-1-2-13-3-4-13/h5-6,10,13,20H,1-4,7-9,11-12,19H2. The Bertz CT molecular complexity index is 470. The lowest BCUT2D eigenvalue weighted by molar-refractivity contribution is 0.291. The van der Waals surface area contributed by atoms with E-state index >= 15 is 0 Å². The van der Waals surface area contributed by atoms with E-state index in [1.165, 1.54) is 41.3 Å². The Hall–Kier alpha value is -0.380. The summed E-state index contributed by atoms with van der Waals surface area (Å²) in [6.45, 7) is 1.87. The van der Waals surface area contributed by atoms with Crippen molar-refractivity contribution in [1.82, 2.24) is 5.32 Å². The van der Waals surface area contributed by atoms with E-state index in [2.05, 4.69) is 39.4 Å². The Morgan fingerprint density at radius 2 is 2.15 bits per heavy atom. The zero-order chi connectivity index (χ0) is 14.0. The van der Waals surface area contributed by atoms with Crippen LogP contribution in [0, 0.1) is 5.92 Å². The molecule has 3 N–H and O–H groups in total. The number of hydrogen-bond donors (Lipinski definition) is 2. The molecule has 1 fully saturated rings. The molecule has 0 aromatic heterocycles. The maximum Gasteiger partial charge on any atom is 0.0347 e. The second-order valence-corrected chi connectivity index (χ2v) is 7.50. The highest BCUT2D eigenvalue weighted by atomic mass is 79.9. The van der Waals surface area contributed by atoms with Crippen LogP contribution in [-0.2, 0) is 12.8 Å². The van der Waals surface area contributed by atoms with Gasteiger partial charge in [0, 0.05) is 16.6 Å². The molecule has 2 nitrogen and oxygen atoms in total. The lowest BCUT2D eigenvalue weighted by atomic mass is 9.78. The van der Waals surface area contributed by atoms with Gasteiger partial charge in [0.2, 0.25) is 0 Å². The first-order valence-electron chi connectivity index (χ1n) is 7.93. The highest BCUT2D eigenvalue weighted by molar-refractivity contribution is 9.10. The van der Waals surface area contributed by atoms with Crippen molar-refractivity contribution in [2.24, 2.45) is 11.7 Å². The van der Waals surface area contributed by atoms with Gasteiger partial charge in [0.15, 0.2) is 0 Å². The summed E-state index contributed by atoms with van der Waals surface area (Å²) in [6.07, 6.45) is 9.01. The number of benzene rings is 1. The molecule has 3 rings (SSSR count). The Kier molecular flexibility index (Phi) is 4.49. The van der Waals surface area contributed by atoms with Crippen molar-refractivity contribution in [2.45, 2.75) is 50.5 Å². The monoisotopic (exact) mass is 336 g/mol. The van der Waals surface area contributed by atoms with Gasteiger partial charge in [0.25, 0.3) is 0 Å². The number of aryl methyl sites for hydroxylation is 1. The number of nitrogens with two attached hydrogens (primary N) is 1. The molecule has 0 spiro atoms. The van der Waals surface area contributed by atoms with E-state index in [4.69, 9.17) is 5.73 Å². The summed E-state index contributed by atoms with van der Waals surface area (Å²) in [5, 5.41) is 3.79. The molecule has 0 amide bonds. The summed E-state index contributed by atoms with van der Waals surface area (Å²) in [5.41, 5.74) is 9.20. The molecule has 0 heterocycles. The third kappa shape index (κ3) is 3.44. The van der Waals surface area contributed by atoms with Crippen LogP contribution in [0.3, 0.4) is 0 Å². The SMILES string of the molecule is NCC1(NCCCC2CC2)CCc2cc(Br)ccc2C1. The Morgan fingerprint density at radius 1 is 1.30 bits per heavy atom. The van der Waals surface area contributed by atoms with Gasteiger partial charge in [0.1, 0.15) is 0 Å². The number of hydrogen-bond acceptors (Lipinski definition) is 2. The molecule has 0 radical (unpaired) electrons. The molecule has 1 atom stereocenters. The molecule has 2 aliphatic carbocycles. The molecule has 3 heteroatoms. The summed E-state index contributed by atoms with van der Waals surface area (Å²) in [7, 11) is 0. The Balaban J connectivity index is 1.59. The minimum absolute atomic E-state index is 0.129. The first-order valence-corrected chi connectivity index (χ1v) is 8.72. The number of fused-ring (bicyclic) bond motifs is 1. The third-order valence-corrected chi connectivity index (χ3v) is 5.44. The molecular weight excluding hydrogens is 312 g/mol. The lowest BCUT2D eigenvalue weighted by Crippen LogP contribution is -2.55. The average Bonchev–Trinajstić information content (AvgIpc) is 3.28. The molecular formula is C17H25BrN2. The van der Waals surface area contributed by atoms with Gasteiger partial charge in [-0.1, -0.05) is 34.8 Å². The van der Waals surface area contributed by atoms with Crippen molar-refractivity contribution >= 4 is 15.9 Å². The molecule has 1 saturated carbocycles. The first-order chi connectivity index (χ1) is 9.71. The number of nitrogens with one attached hydrogen (secondary N) is 1. The summed E-state index contributed by atoms with van der Waals surface area (Å²) >= 11 is 3.57. The first kappa shape index (κ1) is 14.6. The smallest absolute Gasteiger partial charge is 0.0347 e. The van der Waals surface area contributed by atoms with Crippen LogP contribution in [-0.4, -0.2) is 18.6 Å². The van der Waals surface area contributed by atoms with Crippen LogP contribution in [0.25, 0.3) is 0 Å². The van der Waals surface area contributed by atoms with E-state index < -0.39 is 0 Å². The molecule has 1 aromatic rings. The van der Waals surface area contributed by atoms with Gasteiger partial charge in [-0.2, -0.15) is 0 Å². The number of halogens is 1. The topological polar surface area (TPSA) is 38.0 Å². The zero-order valence-electron chi connectivity index (χ0n) is 12.1. The van der Waals surface area contributed by atoms with E-state index in [0.29, 0.717) is 0 Å². The summed E-state index contributed by atoms with van der Waals surface area (Å²) < 4.78 is 1.19. The quantitative estimate of drug-likeness (QED) is 0.781. The lowest BCUT2D eigenvalue weighted by Gasteiger charge is -2.38. The normalized spacial score (nSPS) is 25.5. The summed E-state index contributed by atoms with van der Waals surface area (Å²) in [4.78, 5) is 0. The second kappa shape index (κ2) is 6.17. The van der Waals surface area contributed by atoms with Crippen LogP contribution in [0.5, 0.6) is 0 Å². The molecule has 1 unspecified atom stereocenters. The molecule has 110 valence electrons. The van der Waals surface area contributed by atoms with Gasteiger partial charge in [-0.15, -0.1) is 0 Å². The minimum atomic E-state index is 0.129. The summed E-state index contributed by atoms with van der Waals surface area (Å²) in [6, 6.07) is 6.68. The van der Waals surface area contributed by atoms with Crippen LogP contribution in [0.4, 0.5) is 0 Å². The van der Waals surface area contributed by atoms with Crippen LogP contribution in [0.2, 0.25) is 0 Å². The average molecular weight is 337 g/mol. The fraction of sp³-hybridized carbons (Fsp3) is 0.647. The van der Waals surface area contributed by atoms with Crippen LogP contribution in [0.15, 0.2) is 22.7 Å². The fourth-order valence-electron chi connectivity index (χ4n) is 3.37. The van der Waals surface area contributed by atoms with Gasteiger partial charge in [-0.05, 0) is 67.8 Å². The summed E-state index contributed by atoms with van der Waals surface area (Å²) in [5.74, 6) is 1.04. The van der Waals surface area contributed by atoms with E-state index in [1.807, 2.05) is 0 Å². The predicted octanol–water partition coefficient (Wildman–Crippen LogP) is 3.42. The van der Waals surface area contributed by atoms with E-state index in [9.17, 15) is 0 Å². The molecule has 1 aromatic carbocycles. The van der Waals surface area contributed by atoms with E-state index in [1.54, 1.807) is 0 Å². The molecule has 2 aliphatic rings. The fourth-order valence-corrected chi connectivity index (χ4v) is 3.78. The molecule has 0 bridgehead atoms. The second-order valence-electron chi connectivity index (χ2n) is 6.59. The predicted molar refractivity (Wildman–Crippen MR) is 87.9 cm³/mol. The Labute approximate surface area is 130 Å². The molecule has 0 saturated heterocycles. The van der Waals surface area contributed by atoms with Crippen LogP contribution < -0.4 is 11.1 Å². The van der Waals surface area contributed by atoms with Gasteiger partial charge in [0.05, 0.1) is 0 Å². The van der Waals surface area contributed by atoms with Crippen molar-refractivity contribution in [3.8, 4) is 0 Å². The maximum absolute atomic E-state index is 6.11. The number of rotatable bonds is 6. The van der Waals surface area contributed by atoms with Crippen molar-refractivity contribution in [1.29, 1.82) is 0 Å². The largest absolute Gasteiger partial charge is 0.329 e. The van der Waals surface area contributed by atoms with Crippen LogP contribution in [0.1, 0.15) is 43.2 Å². The van der Waals surface area contributed by atoms with Crippen molar-refractivity contribution in [2.75, 3.05) is 13.1 Å². The highest BCUT2D eigenvalue weighted by Gasteiger charge is 2.32. The minimum Gasteiger partial charge on any atom is -0.329 e. The molecule has 0 aliphatic heterocycles. The van der Waals surface area contributed by atoms with Crippen LogP contribution >= 0.6 is 15.9 Å². The van der Waals surface area contributed by atoms with Gasteiger partial charge in [-0.3, -0.25) is 0 Å². The van der Waals surface area contributed by atoms with Gasteiger partial charge < -0.3 is 11.1 Å². The van der Waals surface area contributed by atoms with Crippen molar-refractivity contribution in [3.05, 3.63) is 33.8 Å². The van der Waals surface area contributed by atoms with Crippen molar-refractivity contribution < 1.29 is 0 Å². The van der Waals surface area contributed by atoms with Gasteiger partial charge in [-0.25, -0.2) is 0 Å². The highest BCUT2D eigenvalue weighted by Crippen LogP contribution is 2.34. The van der Waals surface area contributed by atoms with E-state index in [-0.39, 0.29) is 5.54 Å². The van der Waals surface area contributed by atoms with E-state index in [0.717, 1.165) is 38.3 Å². The van der Waals surface area contributed by atoms with Crippen molar-refractivity contribution in [3.63, 3.8) is 0 Å². The van der Waals surface area contributed by atoms with Gasteiger partial charge >= 0.3 is 0 Å².